The summed E-state index contributed by atoms with van der Waals surface area (Å²) in [6, 6.07) is 12.6. The van der Waals surface area contributed by atoms with E-state index in [2.05, 4.69) is 46.3 Å². The molecule has 2 aliphatic rings. The summed E-state index contributed by atoms with van der Waals surface area (Å²) < 4.78 is 1.71. The van der Waals surface area contributed by atoms with Gasteiger partial charge in [-0.15, -0.1) is 0 Å². The van der Waals surface area contributed by atoms with Crippen LogP contribution in [0.1, 0.15) is 43.7 Å². The number of hydrogen-bond donors (Lipinski definition) is 1. The lowest BCUT2D eigenvalue weighted by Crippen LogP contribution is -2.31. The zero-order valence-electron chi connectivity index (χ0n) is 19.7. The van der Waals surface area contributed by atoms with E-state index in [0.29, 0.717) is 23.0 Å². The lowest BCUT2D eigenvalue weighted by Gasteiger charge is -2.22. The molecule has 3 heterocycles. The molecule has 1 N–H and O–H groups in total. The summed E-state index contributed by atoms with van der Waals surface area (Å²) in [5.41, 5.74) is 2.58. The maximum Gasteiger partial charge on any atom is 0.270 e. The van der Waals surface area contributed by atoms with Gasteiger partial charge in [0.05, 0.1) is 0 Å². The number of nitrogens with zero attached hydrogens (tertiary/aromatic N) is 6. The van der Waals surface area contributed by atoms with Crippen molar-refractivity contribution in [1.82, 2.24) is 19.4 Å². The first kappa shape index (κ1) is 24.0. The summed E-state index contributed by atoms with van der Waals surface area (Å²) in [7, 11) is 4.27. The maximum absolute atomic E-state index is 13.0. The summed E-state index contributed by atoms with van der Waals surface area (Å²) in [6.45, 7) is 2.10. The van der Waals surface area contributed by atoms with Crippen molar-refractivity contribution in [1.29, 1.82) is 5.26 Å². The third-order valence-electron chi connectivity index (χ3n) is 6.97. The van der Waals surface area contributed by atoms with Crippen molar-refractivity contribution >= 4 is 41.9 Å². The summed E-state index contributed by atoms with van der Waals surface area (Å²) in [5, 5.41) is 13.4. The van der Waals surface area contributed by atoms with Gasteiger partial charge in [0.1, 0.15) is 17.3 Å². The second-order valence-corrected chi connectivity index (χ2v) is 9.28. The van der Waals surface area contributed by atoms with Gasteiger partial charge in [0.15, 0.2) is 0 Å². The number of rotatable bonds is 5. The first-order valence-electron chi connectivity index (χ1n) is 11.6. The van der Waals surface area contributed by atoms with Gasteiger partial charge < -0.3 is 15.1 Å². The van der Waals surface area contributed by atoms with E-state index in [1.807, 2.05) is 18.2 Å². The number of anilines is 3. The van der Waals surface area contributed by atoms with Crippen LogP contribution in [0, 0.1) is 11.3 Å². The molecule has 0 bridgehead atoms. The Balaban J connectivity index is 0.00000274. The summed E-state index contributed by atoms with van der Waals surface area (Å²) >= 11 is 0. The molecule has 1 aromatic carbocycles. The van der Waals surface area contributed by atoms with Crippen molar-refractivity contribution in [2.24, 2.45) is 0 Å². The van der Waals surface area contributed by atoms with E-state index in [9.17, 15) is 10.1 Å². The molecule has 1 atom stereocenters. The second-order valence-electron chi connectivity index (χ2n) is 9.28. The van der Waals surface area contributed by atoms with Crippen LogP contribution in [0.2, 0.25) is 0 Å². The molecule has 1 saturated heterocycles. The van der Waals surface area contributed by atoms with Crippen LogP contribution in [0.4, 0.5) is 17.3 Å². The lowest BCUT2D eigenvalue weighted by atomic mass is 10.2. The minimum absolute atomic E-state index is 0. The van der Waals surface area contributed by atoms with Gasteiger partial charge in [-0.3, -0.25) is 9.36 Å². The minimum Gasteiger partial charge on any atom is -0.370 e. The molecule has 0 amide bonds. The Bertz CT molecular complexity index is 1260. The molecule has 1 aliphatic carbocycles. The molecule has 3 aromatic rings. The van der Waals surface area contributed by atoms with Gasteiger partial charge >= 0.3 is 0 Å². The number of nitriles is 1. The highest BCUT2D eigenvalue weighted by atomic mass is 32.1. The van der Waals surface area contributed by atoms with E-state index in [4.69, 9.17) is 4.98 Å². The number of aromatic nitrogens is 3. The highest BCUT2D eigenvalue weighted by molar-refractivity contribution is 7.59. The number of pyridine rings is 1. The van der Waals surface area contributed by atoms with Gasteiger partial charge in [-0.1, -0.05) is 12.8 Å². The Morgan fingerprint density at radius 2 is 1.88 bits per heavy atom. The number of hydrogen-bond acceptors (Lipinski definition) is 7. The van der Waals surface area contributed by atoms with Gasteiger partial charge in [-0.05, 0) is 63.7 Å². The fourth-order valence-electron chi connectivity index (χ4n) is 5.04. The average Bonchev–Trinajstić information content (AvgIpc) is 3.52. The monoisotopic (exact) mass is 477 g/mol. The normalized spacial score (nSPS) is 18.3. The van der Waals surface area contributed by atoms with E-state index in [1.54, 1.807) is 16.8 Å². The highest BCUT2D eigenvalue weighted by Crippen LogP contribution is 2.31. The molecule has 9 heteroatoms. The van der Waals surface area contributed by atoms with E-state index in [-0.39, 0.29) is 30.7 Å². The Labute approximate surface area is 206 Å². The van der Waals surface area contributed by atoms with Crippen molar-refractivity contribution in [2.75, 3.05) is 37.4 Å². The molecule has 1 saturated carbocycles. The first-order valence-corrected chi connectivity index (χ1v) is 11.6. The van der Waals surface area contributed by atoms with Crippen LogP contribution < -0.4 is 15.8 Å². The molecule has 0 spiro atoms. The highest BCUT2D eigenvalue weighted by Gasteiger charge is 2.24. The van der Waals surface area contributed by atoms with E-state index in [1.165, 1.54) is 12.1 Å². The Kier molecular flexibility index (Phi) is 7.10. The smallest absolute Gasteiger partial charge is 0.270 e. The number of benzene rings is 1. The Morgan fingerprint density at radius 1 is 1.15 bits per heavy atom. The van der Waals surface area contributed by atoms with Crippen LogP contribution in [-0.4, -0.2) is 52.7 Å². The van der Waals surface area contributed by atoms with Crippen molar-refractivity contribution in [3.05, 3.63) is 52.4 Å². The predicted octanol–water partition coefficient (Wildman–Crippen LogP) is 3.77. The SMILES string of the molecule is CN(C)[C@H]1CCN(c2ccc(Nc3ncc4cc(C#N)c(=O)n(C5CCCC5)c4n3)cc2)C1.S. The van der Waals surface area contributed by atoms with Crippen LogP contribution in [0.5, 0.6) is 0 Å². The molecule has 0 radical (unpaired) electrons. The molecule has 2 fully saturated rings. The van der Waals surface area contributed by atoms with Crippen LogP contribution in [0.15, 0.2) is 41.3 Å². The van der Waals surface area contributed by atoms with Gasteiger partial charge in [0, 0.05) is 48.1 Å². The predicted molar refractivity (Wildman–Crippen MR) is 140 cm³/mol. The van der Waals surface area contributed by atoms with Crippen LogP contribution >= 0.6 is 13.5 Å². The third-order valence-corrected chi connectivity index (χ3v) is 6.97. The van der Waals surface area contributed by atoms with Gasteiger partial charge in [0.25, 0.3) is 5.56 Å². The standard InChI is InChI=1S/C25H29N7O.H2S/c1-30(2)22-11-12-31(16-22)20-9-7-19(8-10-20)28-25-27-15-18-13-17(14-26)24(33)32(23(18)29-25)21-5-3-4-6-21;/h7-10,13,15,21-22H,3-6,11-12,16H2,1-2H3,(H,27,28,29);1H2/t22-;/m0./s1. The zero-order valence-corrected chi connectivity index (χ0v) is 20.7. The van der Waals surface area contributed by atoms with Crippen LogP contribution in [-0.2, 0) is 0 Å². The molecule has 34 heavy (non-hydrogen) atoms. The van der Waals surface area contributed by atoms with Crippen LogP contribution in [0.25, 0.3) is 11.0 Å². The van der Waals surface area contributed by atoms with Crippen molar-refractivity contribution in [2.45, 2.75) is 44.2 Å². The summed E-state index contributed by atoms with van der Waals surface area (Å²) in [5.74, 6) is 0.444. The van der Waals surface area contributed by atoms with E-state index in [0.717, 1.165) is 44.5 Å². The molecule has 5 rings (SSSR count). The Morgan fingerprint density at radius 3 is 2.53 bits per heavy atom. The number of nitrogens with one attached hydrogen (secondary N) is 1. The van der Waals surface area contributed by atoms with Gasteiger partial charge in [0.2, 0.25) is 5.95 Å². The maximum atomic E-state index is 13.0. The quantitative estimate of drug-likeness (QED) is 0.598. The molecule has 2 aromatic heterocycles. The fraction of sp³-hybridized carbons (Fsp3) is 0.440. The largest absolute Gasteiger partial charge is 0.370 e. The summed E-state index contributed by atoms with van der Waals surface area (Å²) in [4.78, 5) is 26.8. The fourth-order valence-corrected chi connectivity index (χ4v) is 5.04. The molecule has 1 aliphatic heterocycles. The van der Waals surface area contributed by atoms with Crippen molar-refractivity contribution < 1.29 is 0 Å². The molecule has 178 valence electrons. The van der Waals surface area contributed by atoms with Gasteiger partial charge in [-0.2, -0.15) is 23.7 Å². The van der Waals surface area contributed by atoms with Crippen molar-refractivity contribution in [3.8, 4) is 6.07 Å². The second kappa shape index (κ2) is 10.0. The molecular weight excluding hydrogens is 446 g/mol. The number of fused-ring (bicyclic) bond motifs is 1. The minimum atomic E-state index is -0.257. The van der Waals surface area contributed by atoms with Crippen LogP contribution in [0.3, 0.4) is 0 Å². The lowest BCUT2D eigenvalue weighted by molar-refractivity contribution is 0.315. The van der Waals surface area contributed by atoms with Crippen molar-refractivity contribution in [3.63, 3.8) is 0 Å². The summed E-state index contributed by atoms with van der Waals surface area (Å²) in [6.07, 6.45) is 6.91. The van der Waals surface area contributed by atoms with Gasteiger partial charge in [-0.25, -0.2) is 4.98 Å². The average molecular weight is 478 g/mol. The van der Waals surface area contributed by atoms with E-state index >= 15 is 0 Å². The number of likely N-dealkylation sites (N-methyl/N-ethyl adjacent to an activating group) is 1. The zero-order chi connectivity index (χ0) is 22.9. The van der Waals surface area contributed by atoms with E-state index < -0.39 is 0 Å². The molecule has 0 unspecified atom stereocenters. The first-order chi connectivity index (χ1) is 16.0. The molecule has 8 nitrogen and oxygen atoms in total. The third kappa shape index (κ3) is 4.61. The molecular formula is C25H31N7OS. The topological polar surface area (TPSA) is 90.1 Å². The Hall–Kier alpha value is -3.09.